The number of anilines is 1. The van der Waals surface area contributed by atoms with Gasteiger partial charge in [0.2, 0.25) is 5.91 Å². The number of nitrogens with one attached hydrogen (secondary N) is 1. The van der Waals surface area contributed by atoms with Gasteiger partial charge in [-0.25, -0.2) is 0 Å². The van der Waals surface area contributed by atoms with Crippen LogP contribution in [0, 0.1) is 6.92 Å². The number of ether oxygens (including phenoxy) is 1. The number of amides is 2. The predicted molar refractivity (Wildman–Crippen MR) is 109 cm³/mol. The predicted octanol–water partition coefficient (Wildman–Crippen LogP) is 3.76. The molecule has 1 atom stereocenters. The Morgan fingerprint density at radius 1 is 1.21 bits per heavy atom. The van der Waals surface area contributed by atoms with Gasteiger partial charge in [0.1, 0.15) is 5.75 Å². The van der Waals surface area contributed by atoms with Gasteiger partial charge in [-0.3, -0.25) is 14.4 Å². The highest BCUT2D eigenvalue weighted by atomic mass is 35.5. The number of fused-ring (bicyclic) bond motifs is 1. The molecule has 0 saturated carbocycles. The molecule has 2 aromatic carbocycles. The van der Waals surface area contributed by atoms with Crippen molar-refractivity contribution in [3.8, 4) is 5.75 Å². The molecule has 0 radical (unpaired) electrons. The van der Waals surface area contributed by atoms with Crippen molar-refractivity contribution in [1.29, 1.82) is 0 Å². The maximum absolute atomic E-state index is 12.4. The Morgan fingerprint density at radius 2 is 1.96 bits per heavy atom. The van der Waals surface area contributed by atoms with Crippen molar-refractivity contribution < 1.29 is 19.1 Å². The first-order chi connectivity index (χ1) is 13.2. The Hall–Kier alpha value is -2.51. The van der Waals surface area contributed by atoms with E-state index in [9.17, 15) is 14.4 Å². The second-order valence-electron chi connectivity index (χ2n) is 6.59. The second kappa shape index (κ2) is 8.24. The molecule has 1 aliphatic rings. The number of nitrogens with zero attached hydrogens (tertiary/aromatic N) is 1. The smallest absolute Gasteiger partial charge is 0.312 e. The lowest BCUT2D eigenvalue weighted by Crippen LogP contribution is -2.32. The fraction of sp³-hybridized carbons (Fsp3) is 0.250. The molecule has 0 aromatic heterocycles. The van der Waals surface area contributed by atoms with Crippen molar-refractivity contribution in [2.24, 2.45) is 0 Å². The molecule has 0 saturated heterocycles. The summed E-state index contributed by atoms with van der Waals surface area (Å²) in [5.41, 5.74) is 1.79. The number of esters is 1. The Labute approximate surface area is 172 Å². The molecule has 0 aliphatic carbocycles. The van der Waals surface area contributed by atoms with E-state index in [4.69, 9.17) is 16.3 Å². The number of hydrogen-bond donors (Lipinski definition) is 1. The van der Waals surface area contributed by atoms with Gasteiger partial charge in [0, 0.05) is 29.6 Å². The van der Waals surface area contributed by atoms with Crippen molar-refractivity contribution in [3.63, 3.8) is 0 Å². The van der Waals surface area contributed by atoms with Gasteiger partial charge in [-0.15, -0.1) is 11.8 Å². The van der Waals surface area contributed by atoms with Crippen LogP contribution in [0.2, 0.25) is 5.02 Å². The third kappa shape index (κ3) is 4.48. The molecule has 1 N–H and O–H groups in total. The summed E-state index contributed by atoms with van der Waals surface area (Å²) < 4.78 is 5.45. The van der Waals surface area contributed by atoms with Gasteiger partial charge in [0.15, 0.2) is 0 Å². The van der Waals surface area contributed by atoms with Gasteiger partial charge < -0.3 is 15.0 Å². The number of thioether (sulfide) groups is 1. The molecule has 1 aliphatic heterocycles. The molecule has 0 fully saturated rings. The van der Waals surface area contributed by atoms with Gasteiger partial charge >= 0.3 is 5.97 Å². The van der Waals surface area contributed by atoms with E-state index in [1.807, 2.05) is 0 Å². The number of rotatable bonds is 4. The van der Waals surface area contributed by atoms with E-state index in [0.29, 0.717) is 22.0 Å². The summed E-state index contributed by atoms with van der Waals surface area (Å²) in [6.07, 6.45) is -0.0934. The van der Waals surface area contributed by atoms with Crippen LogP contribution in [-0.4, -0.2) is 42.0 Å². The van der Waals surface area contributed by atoms with Crippen LogP contribution in [0.5, 0.6) is 5.75 Å². The lowest BCUT2D eigenvalue weighted by atomic mass is 10.1. The molecule has 146 valence electrons. The third-order valence-electron chi connectivity index (χ3n) is 4.18. The Morgan fingerprint density at radius 3 is 2.68 bits per heavy atom. The average Bonchev–Trinajstić information content (AvgIpc) is 2.63. The molecule has 6 nitrogen and oxygen atoms in total. The summed E-state index contributed by atoms with van der Waals surface area (Å²) in [7, 11) is 3.30. The average molecular weight is 419 g/mol. The van der Waals surface area contributed by atoms with Gasteiger partial charge in [-0.2, -0.15) is 0 Å². The number of carbonyl (C=O) groups is 3. The molecule has 0 spiro atoms. The van der Waals surface area contributed by atoms with E-state index in [-0.39, 0.29) is 18.2 Å². The summed E-state index contributed by atoms with van der Waals surface area (Å²) in [4.78, 5) is 39.1. The largest absolute Gasteiger partial charge is 0.426 e. The third-order valence-corrected chi connectivity index (χ3v) is 5.69. The van der Waals surface area contributed by atoms with E-state index in [2.05, 4.69) is 5.32 Å². The first kappa shape index (κ1) is 20.2. The summed E-state index contributed by atoms with van der Waals surface area (Å²) in [6.45, 7) is 1.79. The van der Waals surface area contributed by atoms with Gasteiger partial charge in [-0.1, -0.05) is 17.7 Å². The van der Waals surface area contributed by atoms with E-state index in [0.717, 1.165) is 10.5 Å². The minimum atomic E-state index is -0.604. The Kier molecular flexibility index (Phi) is 5.96. The fourth-order valence-corrected chi connectivity index (χ4v) is 3.92. The number of benzene rings is 2. The zero-order chi connectivity index (χ0) is 20.4. The van der Waals surface area contributed by atoms with Crippen LogP contribution < -0.4 is 10.1 Å². The number of aryl methyl sites for hydroxylation is 1. The van der Waals surface area contributed by atoms with Gasteiger partial charge in [0.25, 0.3) is 5.91 Å². The lowest BCUT2D eigenvalue weighted by molar-refractivity contribution is -0.135. The molecule has 0 bridgehead atoms. The Bertz CT molecular complexity index is 961. The van der Waals surface area contributed by atoms with Crippen molar-refractivity contribution in [3.05, 3.63) is 52.5 Å². The molecule has 1 unspecified atom stereocenters. The monoisotopic (exact) mass is 418 g/mol. The maximum atomic E-state index is 12.4. The molecule has 8 heteroatoms. The molecule has 2 amide bonds. The highest BCUT2D eigenvalue weighted by Gasteiger charge is 2.30. The SMILES string of the molecule is Cc1ccc(C(=O)N(C)C)cc1OC(=O)CC1Sc2ccc(Cl)cc2NC1=O. The summed E-state index contributed by atoms with van der Waals surface area (Å²) >= 11 is 7.24. The molecule has 2 aromatic rings. The lowest BCUT2D eigenvalue weighted by Gasteiger charge is -2.23. The van der Waals surface area contributed by atoms with Crippen LogP contribution in [0.4, 0.5) is 5.69 Å². The maximum Gasteiger partial charge on any atom is 0.312 e. The van der Waals surface area contributed by atoms with Crippen LogP contribution in [0.25, 0.3) is 0 Å². The normalized spacial score (nSPS) is 15.4. The quantitative estimate of drug-likeness (QED) is 0.604. The van der Waals surface area contributed by atoms with Crippen molar-refractivity contribution >= 4 is 46.8 Å². The molecular formula is C20H19ClN2O4S. The minimum Gasteiger partial charge on any atom is -0.426 e. The first-order valence-electron chi connectivity index (χ1n) is 8.54. The number of halogens is 1. The second-order valence-corrected chi connectivity index (χ2v) is 8.28. The molecule has 3 rings (SSSR count). The standard InChI is InChI=1S/C20H19ClN2O4S/c1-11-4-5-12(20(26)23(2)3)8-15(11)27-18(24)10-17-19(25)22-14-9-13(21)6-7-16(14)28-17/h4-9,17H,10H2,1-3H3,(H,22,25). The van der Waals surface area contributed by atoms with E-state index in [1.165, 1.54) is 16.7 Å². The number of carbonyl (C=O) groups excluding carboxylic acids is 3. The van der Waals surface area contributed by atoms with Gasteiger partial charge in [0.05, 0.1) is 17.4 Å². The van der Waals surface area contributed by atoms with Crippen LogP contribution in [0.3, 0.4) is 0 Å². The van der Waals surface area contributed by atoms with Gasteiger partial charge in [-0.05, 0) is 42.8 Å². The van der Waals surface area contributed by atoms with Crippen molar-refractivity contribution in [1.82, 2.24) is 4.90 Å². The Balaban J connectivity index is 1.71. The number of hydrogen-bond acceptors (Lipinski definition) is 5. The van der Waals surface area contributed by atoms with Crippen molar-refractivity contribution in [2.45, 2.75) is 23.5 Å². The van der Waals surface area contributed by atoms with E-state index >= 15 is 0 Å². The van der Waals surface area contributed by atoms with Crippen LogP contribution in [0.1, 0.15) is 22.3 Å². The fourth-order valence-electron chi connectivity index (χ4n) is 2.67. The van der Waals surface area contributed by atoms with Crippen LogP contribution in [0.15, 0.2) is 41.3 Å². The molecule has 1 heterocycles. The molecular weight excluding hydrogens is 400 g/mol. The summed E-state index contributed by atoms with van der Waals surface area (Å²) in [6, 6.07) is 10.2. The zero-order valence-electron chi connectivity index (χ0n) is 15.6. The van der Waals surface area contributed by atoms with E-state index in [1.54, 1.807) is 57.4 Å². The summed E-state index contributed by atoms with van der Waals surface area (Å²) in [5.74, 6) is -0.687. The zero-order valence-corrected chi connectivity index (χ0v) is 17.2. The summed E-state index contributed by atoms with van der Waals surface area (Å²) in [5, 5.41) is 2.69. The highest BCUT2D eigenvalue weighted by Crippen LogP contribution is 2.38. The van der Waals surface area contributed by atoms with Crippen LogP contribution in [-0.2, 0) is 9.59 Å². The van der Waals surface area contributed by atoms with Crippen LogP contribution >= 0.6 is 23.4 Å². The van der Waals surface area contributed by atoms with Crippen molar-refractivity contribution in [2.75, 3.05) is 19.4 Å². The minimum absolute atomic E-state index is 0.0934. The highest BCUT2D eigenvalue weighted by molar-refractivity contribution is 8.01. The van der Waals surface area contributed by atoms with E-state index < -0.39 is 11.2 Å². The topological polar surface area (TPSA) is 75.7 Å². The first-order valence-corrected chi connectivity index (χ1v) is 9.80. The molecule has 28 heavy (non-hydrogen) atoms.